The molecule has 2 nitrogen and oxygen atoms in total. The van der Waals surface area contributed by atoms with Crippen LogP contribution in [-0.4, -0.2) is 13.2 Å². The van der Waals surface area contributed by atoms with Crippen LogP contribution in [0.4, 0.5) is 0 Å². The Labute approximate surface area is 66.2 Å². The predicted octanol–water partition coefficient (Wildman–Crippen LogP) is 1.33. The number of hydrogen-bond donors (Lipinski definition) is 1. The zero-order valence-electron chi connectivity index (χ0n) is 6.34. The molecule has 0 spiro atoms. The van der Waals surface area contributed by atoms with E-state index in [1.165, 1.54) is 5.70 Å². The van der Waals surface area contributed by atoms with Gasteiger partial charge in [0.1, 0.15) is 12.4 Å². The number of nitrogens with one attached hydrogen (secondary N) is 1. The van der Waals surface area contributed by atoms with Crippen LogP contribution in [0.2, 0.25) is 0 Å². The molecule has 1 N–H and O–H groups in total. The van der Waals surface area contributed by atoms with Crippen LogP contribution in [0.1, 0.15) is 6.42 Å². The van der Waals surface area contributed by atoms with E-state index < -0.39 is 0 Å². The first-order valence-corrected chi connectivity index (χ1v) is 3.90. The highest BCUT2D eigenvalue weighted by molar-refractivity contribution is 5.28. The summed E-state index contributed by atoms with van der Waals surface area (Å²) in [6, 6.07) is 0. The molecule has 2 aliphatic rings. The van der Waals surface area contributed by atoms with Gasteiger partial charge in [0.15, 0.2) is 0 Å². The third-order valence-corrected chi connectivity index (χ3v) is 1.81. The first kappa shape index (κ1) is 6.53. The van der Waals surface area contributed by atoms with Crippen molar-refractivity contribution in [1.29, 1.82) is 0 Å². The fourth-order valence-electron chi connectivity index (χ4n) is 1.27. The van der Waals surface area contributed by atoms with Crippen LogP contribution >= 0.6 is 0 Å². The van der Waals surface area contributed by atoms with Crippen molar-refractivity contribution >= 4 is 0 Å². The fourth-order valence-corrected chi connectivity index (χ4v) is 1.27. The summed E-state index contributed by atoms with van der Waals surface area (Å²) in [5.41, 5.74) is 1.21. The molecule has 1 heterocycles. The number of ether oxygens (including phenoxy) is 1. The molecule has 0 unspecified atom stereocenters. The molecule has 0 bridgehead atoms. The van der Waals surface area contributed by atoms with E-state index in [1.54, 1.807) is 0 Å². The molecule has 0 saturated carbocycles. The molecule has 0 atom stereocenters. The molecular weight excluding hydrogens is 138 g/mol. The fraction of sp³-hybridized carbons (Fsp3) is 0.333. The summed E-state index contributed by atoms with van der Waals surface area (Å²) < 4.78 is 5.45. The van der Waals surface area contributed by atoms with E-state index in [9.17, 15) is 0 Å². The van der Waals surface area contributed by atoms with Crippen molar-refractivity contribution in [3.05, 3.63) is 35.8 Å². The zero-order valence-corrected chi connectivity index (χ0v) is 6.34. The minimum atomic E-state index is 0.781. The lowest BCUT2D eigenvalue weighted by Crippen LogP contribution is -2.25. The van der Waals surface area contributed by atoms with Crippen LogP contribution in [0.25, 0.3) is 0 Å². The first-order valence-electron chi connectivity index (χ1n) is 3.90. The maximum atomic E-state index is 5.45. The molecule has 2 rings (SSSR count). The van der Waals surface area contributed by atoms with Gasteiger partial charge in [0.05, 0.1) is 5.70 Å². The van der Waals surface area contributed by atoms with E-state index in [0.717, 1.165) is 25.3 Å². The minimum Gasteiger partial charge on any atom is -0.490 e. The summed E-state index contributed by atoms with van der Waals surface area (Å²) in [5.74, 6) is 1.00. The minimum absolute atomic E-state index is 0.781. The third-order valence-electron chi connectivity index (χ3n) is 1.81. The van der Waals surface area contributed by atoms with Gasteiger partial charge in [-0.05, 0) is 6.08 Å². The molecule has 0 saturated heterocycles. The van der Waals surface area contributed by atoms with Crippen LogP contribution in [0.3, 0.4) is 0 Å². The molecule has 0 fully saturated rings. The average Bonchev–Trinajstić information content (AvgIpc) is 2.28. The predicted molar refractivity (Wildman–Crippen MR) is 43.9 cm³/mol. The van der Waals surface area contributed by atoms with E-state index in [2.05, 4.69) is 11.4 Å². The standard InChI is InChI=1S/C9H11NO/c1-2-4-8-9(5-3-1)11-7-6-10-8/h1-3,5,10H,4,6-7H2. The van der Waals surface area contributed by atoms with Crippen molar-refractivity contribution < 1.29 is 4.74 Å². The molecule has 11 heavy (non-hydrogen) atoms. The highest BCUT2D eigenvalue weighted by Crippen LogP contribution is 2.15. The zero-order chi connectivity index (χ0) is 7.52. The van der Waals surface area contributed by atoms with Crippen molar-refractivity contribution in [2.24, 2.45) is 0 Å². The SMILES string of the molecule is C1=CCC2=C(C=C1)OCCN2. The maximum Gasteiger partial charge on any atom is 0.138 e. The summed E-state index contributed by atoms with van der Waals surface area (Å²) in [5, 5.41) is 3.31. The first-order chi connectivity index (χ1) is 5.47. The second kappa shape index (κ2) is 2.82. The molecule has 2 heteroatoms. The summed E-state index contributed by atoms with van der Waals surface area (Å²) >= 11 is 0. The average molecular weight is 149 g/mol. The van der Waals surface area contributed by atoms with Crippen LogP contribution in [-0.2, 0) is 4.74 Å². The highest BCUT2D eigenvalue weighted by Gasteiger charge is 2.09. The largest absolute Gasteiger partial charge is 0.490 e. The summed E-state index contributed by atoms with van der Waals surface area (Å²) in [6.07, 6.45) is 9.15. The van der Waals surface area contributed by atoms with Crippen molar-refractivity contribution in [1.82, 2.24) is 5.32 Å². The molecule has 1 aliphatic carbocycles. The van der Waals surface area contributed by atoms with Crippen molar-refractivity contribution in [2.75, 3.05) is 13.2 Å². The molecule has 0 aromatic heterocycles. The topological polar surface area (TPSA) is 21.3 Å². The van der Waals surface area contributed by atoms with Crippen molar-refractivity contribution in [2.45, 2.75) is 6.42 Å². The molecular formula is C9H11NO. The highest BCUT2D eigenvalue weighted by atomic mass is 16.5. The van der Waals surface area contributed by atoms with Gasteiger partial charge in [0.2, 0.25) is 0 Å². The van der Waals surface area contributed by atoms with Gasteiger partial charge in [-0.2, -0.15) is 0 Å². The summed E-state index contributed by atoms with van der Waals surface area (Å²) in [7, 11) is 0. The van der Waals surface area contributed by atoms with Crippen LogP contribution in [0.15, 0.2) is 35.8 Å². The monoisotopic (exact) mass is 149 g/mol. The van der Waals surface area contributed by atoms with Crippen molar-refractivity contribution in [3.8, 4) is 0 Å². The van der Waals surface area contributed by atoms with Gasteiger partial charge in [0, 0.05) is 13.0 Å². The lowest BCUT2D eigenvalue weighted by molar-refractivity contribution is 0.203. The number of rotatable bonds is 0. The Hall–Kier alpha value is -1.18. The van der Waals surface area contributed by atoms with Gasteiger partial charge in [-0.3, -0.25) is 0 Å². The molecule has 0 amide bonds. The van der Waals surface area contributed by atoms with Gasteiger partial charge >= 0.3 is 0 Å². The van der Waals surface area contributed by atoms with E-state index in [1.807, 2.05) is 18.2 Å². The van der Waals surface area contributed by atoms with Crippen molar-refractivity contribution in [3.63, 3.8) is 0 Å². The Morgan fingerprint density at radius 3 is 3.36 bits per heavy atom. The second-order valence-electron chi connectivity index (χ2n) is 2.61. The van der Waals surface area contributed by atoms with E-state index in [0.29, 0.717) is 0 Å². The Kier molecular flexibility index (Phi) is 1.68. The summed E-state index contributed by atoms with van der Waals surface area (Å²) in [6.45, 7) is 1.71. The smallest absolute Gasteiger partial charge is 0.138 e. The van der Waals surface area contributed by atoms with Gasteiger partial charge in [-0.25, -0.2) is 0 Å². The third kappa shape index (κ3) is 1.29. The maximum absolute atomic E-state index is 5.45. The van der Waals surface area contributed by atoms with Gasteiger partial charge in [0.25, 0.3) is 0 Å². The summed E-state index contributed by atoms with van der Waals surface area (Å²) in [4.78, 5) is 0. The van der Waals surface area contributed by atoms with Crippen LogP contribution < -0.4 is 5.32 Å². The Morgan fingerprint density at radius 1 is 1.36 bits per heavy atom. The van der Waals surface area contributed by atoms with Crippen LogP contribution in [0.5, 0.6) is 0 Å². The van der Waals surface area contributed by atoms with E-state index in [-0.39, 0.29) is 0 Å². The number of allylic oxidation sites excluding steroid dienone is 4. The van der Waals surface area contributed by atoms with Crippen LogP contribution in [0, 0.1) is 0 Å². The lowest BCUT2D eigenvalue weighted by Gasteiger charge is -2.19. The second-order valence-corrected chi connectivity index (χ2v) is 2.61. The Bertz CT molecular complexity index is 238. The molecule has 0 aromatic carbocycles. The molecule has 58 valence electrons. The Balaban J connectivity index is 2.26. The van der Waals surface area contributed by atoms with Gasteiger partial charge in [-0.15, -0.1) is 0 Å². The van der Waals surface area contributed by atoms with Gasteiger partial charge in [-0.1, -0.05) is 18.2 Å². The lowest BCUT2D eigenvalue weighted by atomic mass is 10.2. The van der Waals surface area contributed by atoms with E-state index >= 15 is 0 Å². The quantitative estimate of drug-likeness (QED) is 0.561. The molecule has 0 aromatic rings. The molecule has 0 radical (unpaired) electrons. The normalized spacial score (nSPS) is 21.8. The van der Waals surface area contributed by atoms with E-state index in [4.69, 9.17) is 4.74 Å². The van der Waals surface area contributed by atoms with Gasteiger partial charge < -0.3 is 10.1 Å². The number of hydrogen-bond acceptors (Lipinski definition) is 2. The molecule has 1 aliphatic heterocycles. The Morgan fingerprint density at radius 2 is 2.36 bits per heavy atom.